The first-order valence-corrected chi connectivity index (χ1v) is 9.77. The number of ether oxygens (including phenoxy) is 1. The molecule has 0 radical (unpaired) electrons. The van der Waals surface area contributed by atoms with E-state index in [-0.39, 0.29) is 11.8 Å². The van der Waals surface area contributed by atoms with E-state index in [2.05, 4.69) is 10.4 Å². The molecule has 0 bridgehead atoms. The Hall–Kier alpha value is -1.89. The SMILES string of the molecule is COCCC(=O)N1CCCn2nc(CCC(=O)NC3CCCC3)cc2C1. The summed E-state index contributed by atoms with van der Waals surface area (Å²) in [7, 11) is 1.61. The van der Waals surface area contributed by atoms with Crippen LogP contribution >= 0.6 is 0 Å². The predicted octanol–water partition coefficient (Wildman–Crippen LogP) is 1.64. The van der Waals surface area contributed by atoms with Crippen molar-refractivity contribution in [3.05, 3.63) is 17.5 Å². The van der Waals surface area contributed by atoms with Crippen LogP contribution in [0.15, 0.2) is 6.07 Å². The van der Waals surface area contributed by atoms with E-state index in [0.29, 0.717) is 38.5 Å². The second-order valence-electron chi connectivity index (χ2n) is 7.31. The van der Waals surface area contributed by atoms with Gasteiger partial charge in [-0.05, 0) is 25.3 Å². The van der Waals surface area contributed by atoms with Crippen LogP contribution in [0, 0.1) is 0 Å². The summed E-state index contributed by atoms with van der Waals surface area (Å²) >= 11 is 0. The molecular weight excluding hydrogens is 332 g/mol. The molecular formula is C19H30N4O3. The minimum absolute atomic E-state index is 0.122. The number of hydrogen-bond donors (Lipinski definition) is 1. The van der Waals surface area contributed by atoms with Crippen molar-refractivity contribution in [1.82, 2.24) is 20.0 Å². The third kappa shape index (κ3) is 5.06. The number of nitrogens with zero attached hydrogens (tertiary/aromatic N) is 3. The number of hydrogen-bond acceptors (Lipinski definition) is 4. The highest BCUT2D eigenvalue weighted by Crippen LogP contribution is 2.18. The maximum absolute atomic E-state index is 12.3. The first-order chi connectivity index (χ1) is 12.7. The molecule has 1 aliphatic carbocycles. The molecule has 1 aromatic rings. The van der Waals surface area contributed by atoms with Gasteiger partial charge in [-0.3, -0.25) is 14.3 Å². The standard InChI is InChI=1S/C19H30N4O3/c1-26-12-9-19(25)22-10-4-11-23-17(14-22)13-16(21-23)7-8-18(24)20-15-5-2-3-6-15/h13,15H,2-12,14H2,1H3,(H,20,24). The van der Waals surface area contributed by atoms with Crippen LogP contribution in [0.1, 0.15) is 56.3 Å². The second-order valence-corrected chi connectivity index (χ2v) is 7.31. The van der Waals surface area contributed by atoms with E-state index in [0.717, 1.165) is 43.7 Å². The number of rotatable bonds is 7. The van der Waals surface area contributed by atoms with Crippen molar-refractivity contribution in [3.63, 3.8) is 0 Å². The van der Waals surface area contributed by atoms with E-state index in [9.17, 15) is 9.59 Å². The largest absolute Gasteiger partial charge is 0.384 e. The molecule has 2 aliphatic rings. The lowest BCUT2D eigenvalue weighted by Crippen LogP contribution is -2.32. The molecule has 0 unspecified atom stereocenters. The van der Waals surface area contributed by atoms with Gasteiger partial charge < -0.3 is 15.0 Å². The molecule has 0 atom stereocenters. The first-order valence-electron chi connectivity index (χ1n) is 9.77. The molecule has 1 aliphatic heterocycles. The number of amides is 2. The van der Waals surface area contributed by atoms with Crippen molar-refractivity contribution in [2.45, 2.75) is 70.5 Å². The lowest BCUT2D eigenvalue weighted by Gasteiger charge is -2.19. The molecule has 144 valence electrons. The number of carbonyl (C=O) groups excluding carboxylic acids is 2. The maximum atomic E-state index is 12.3. The zero-order chi connectivity index (χ0) is 18.4. The van der Waals surface area contributed by atoms with Gasteiger partial charge in [0, 0.05) is 39.1 Å². The Labute approximate surface area is 155 Å². The normalized spacial score (nSPS) is 17.8. The highest BCUT2D eigenvalue weighted by molar-refractivity contribution is 5.76. The number of carbonyl (C=O) groups is 2. The van der Waals surface area contributed by atoms with Crippen LogP contribution in [0.5, 0.6) is 0 Å². The number of aromatic nitrogens is 2. The maximum Gasteiger partial charge on any atom is 0.225 e. The van der Waals surface area contributed by atoms with Gasteiger partial charge in [0.1, 0.15) is 0 Å². The van der Waals surface area contributed by atoms with Crippen molar-refractivity contribution in [3.8, 4) is 0 Å². The average Bonchev–Trinajstić information content (AvgIpc) is 3.23. The molecule has 7 nitrogen and oxygen atoms in total. The third-order valence-corrected chi connectivity index (χ3v) is 5.27. The minimum Gasteiger partial charge on any atom is -0.384 e. The molecule has 1 aromatic heterocycles. The predicted molar refractivity (Wildman–Crippen MR) is 97.5 cm³/mol. The zero-order valence-electron chi connectivity index (χ0n) is 15.7. The number of aryl methyl sites for hydroxylation is 2. The molecule has 1 saturated carbocycles. The van der Waals surface area contributed by atoms with Gasteiger partial charge in [0.05, 0.1) is 31.0 Å². The van der Waals surface area contributed by atoms with Gasteiger partial charge in [-0.25, -0.2) is 0 Å². The lowest BCUT2D eigenvalue weighted by molar-refractivity contribution is -0.132. The summed E-state index contributed by atoms with van der Waals surface area (Å²) in [6.45, 7) is 2.61. The van der Waals surface area contributed by atoms with Crippen LogP contribution in [0.25, 0.3) is 0 Å². The van der Waals surface area contributed by atoms with Crippen molar-refractivity contribution in [1.29, 1.82) is 0 Å². The first kappa shape index (κ1) is 18.9. The van der Waals surface area contributed by atoms with Gasteiger partial charge in [-0.1, -0.05) is 12.8 Å². The van der Waals surface area contributed by atoms with E-state index >= 15 is 0 Å². The van der Waals surface area contributed by atoms with Crippen molar-refractivity contribution in [2.75, 3.05) is 20.3 Å². The summed E-state index contributed by atoms with van der Waals surface area (Å²) in [5.74, 6) is 0.246. The fraction of sp³-hybridized carbons (Fsp3) is 0.737. The van der Waals surface area contributed by atoms with Crippen LogP contribution in [-0.2, 0) is 33.8 Å². The second kappa shape index (κ2) is 9.16. The van der Waals surface area contributed by atoms with Crippen LogP contribution < -0.4 is 5.32 Å². The fourth-order valence-electron chi connectivity index (χ4n) is 3.82. The number of nitrogens with one attached hydrogen (secondary N) is 1. The Bertz CT molecular complexity index is 622. The summed E-state index contributed by atoms with van der Waals surface area (Å²) < 4.78 is 7.00. The Morgan fingerprint density at radius 2 is 2.04 bits per heavy atom. The molecule has 26 heavy (non-hydrogen) atoms. The van der Waals surface area contributed by atoms with Crippen molar-refractivity contribution < 1.29 is 14.3 Å². The van der Waals surface area contributed by atoms with Gasteiger partial charge in [0.15, 0.2) is 0 Å². The van der Waals surface area contributed by atoms with Gasteiger partial charge in [0.25, 0.3) is 0 Å². The molecule has 7 heteroatoms. The lowest BCUT2D eigenvalue weighted by atomic mass is 10.2. The molecule has 2 heterocycles. The van der Waals surface area contributed by atoms with Gasteiger partial charge in [0.2, 0.25) is 11.8 Å². The summed E-state index contributed by atoms with van der Waals surface area (Å²) in [5.41, 5.74) is 1.99. The quantitative estimate of drug-likeness (QED) is 0.800. The van der Waals surface area contributed by atoms with Crippen molar-refractivity contribution in [2.24, 2.45) is 0 Å². The average molecular weight is 362 g/mol. The molecule has 0 saturated heterocycles. The molecule has 1 N–H and O–H groups in total. The summed E-state index contributed by atoms with van der Waals surface area (Å²) in [5, 5.41) is 7.77. The zero-order valence-corrected chi connectivity index (χ0v) is 15.7. The van der Waals surface area contributed by atoms with E-state index in [1.165, 1.54) is 12.8 Å². The molecule has 0 aromatic carbocycles. The number of fused-ring (bicyclic) bond motifs is 1. The number of methoxy groups -OCH3 is 1. The van der Waals surface area contributed by atoms with E-state index in [1.54, 1.807) is 7.11 Å². The minimum atomic E-state index is 0.122. The van der Waals surface area contributed by atoms with Gasteiger partial charge in [-0.15, -0.1) is 0 Å². The Morgan fingerprint density at radius 1 is 1.23 bits per heavy atom. The van der Waals surface area contributed by atoms with Crippen LogP contribution in [0.3, 0.4) is 0 Å². The molecule has 3 rings (SSSR count). The third-order valence-electron chi connectivity index (χ3n) is 5.27. The molecule has 0 spiro atoms. The highest BCUT2D eigenvalue weighted by atomic mass is 16.5. The Kier molecular flexibility index (Phi) is 6.66. The Balaban J connectivity index is 1.52. The van der Waals surface area contributed by atoms with E-state index < -0.39 is 0 Å². The summed E-state index contributed by atoms with van der Waals surface area (Å²) in [6, 6.07) is 2.41. The van der Waals surface area contributed by atoms with Crippen molar-refractivity contribution >= 4 is 11.8 Å². The summed E-state index contributed by atoms with van der Waals surface area (Å²) in [4.78, 5) is 26.3. The van der Waals surface area contributed by atoms with Gasteiger partial charge in [-0.2, -0.15) is 5.10 Å². The fourth-order valence-corrected chi connectivity index (χ4v) is 3.82. The molecule has 2 amide bonds. The van der Waals surface area contributed by atoms with Crippen LogP contribution in [0.4, 0.5) is 0 Å². The van der Waals surface area contributed by atoms with Crippen LogP contribution in [0.2, 0.25) is 0 Å². The smallest absolute Gasteiger partial charge is 0.225 e. The molecule has 1 fully saturated rings. The van der Waals surface area contributed by atoms with Crippen LogP contribution in [-0.4, -0.2) is 52.8 Å². The van der Waals surface area contributed by atoms with Gasteiger partial charge >= 0.3 is 0 Å². The summed E-state index contributed by atoms with van der Waals surface area (Å²) in [6.07, 6.45) is 7.10. The highest BCUT2D eigenvalue weighted by Gasteiger charge is 2.21. The topological polar surface area (TPSA) is 76.5 Å². The van der Waals surface area contributed by atoms with E-state index in [1.807, 2.05) is 15.6 Å². The Morgan fingerprint density at radius 3 is 2.81 bits per heavy atom. The monoisotopic (exact) mass is 362 g/mol. The van der Waals surface area contributed by atoms with E-state index in [4.69, 9.17) is 4.74 Å².